The standard InChI is InChI=1S/C28H30FN3O3/c1-4-18(3)30-27(34)23(5-2)31(16-19-12-14-21(29)15-13-19)25(33)17-32-24-11-7-9-20-8-6-10-22(26(20)24)28(32)35/h6-15,18,23H,4-5,16-17H2,1-3H3,(H,30,34)/t18-,23-/m0/s1. The second kappa shape index (κ2) is 10.3. The fraction of sp³-hybridized carbons (Fsp3) is 0.321. The molecule has 0 fully saturated rings. The maximum absolute atomic E-state index is 13.7. The van der Waals surface area contributed by atoms with Crippen LogP contribution in [-0.4, -0.2) is 41.2 Å². The highest BCUT2D eigenvalue weighted by molar-refractivity contribution is 6.26. The average Bonchev–Trinajstić information content (AvgIpc) is 3.13. The third-order valence-electron chi connectivity index (χ3n) is 6.60. The van der Waals surface area contributed by atoms with Crippen molar-refractivity contribution in [1.82, 2.24) is 10.2 Å². The Balaban J connectivity index is 1.64. The number of rotatable bonds is 9. The van der Waals surface area contributed by atoms with Gasteiger partial charge in [-0.1, -0.05) is 50.2 Å². The van der Waals surface area contributed by atoms with E-state index >= 15 is 0 Å². The van der Waals surface area contributed by atoms with Crippen LogP contribution in [0.2, 0.25) is 0 Å². The molecule has 0 unspecified atom stereocenters. The van der Waals surface area contributed by atoms with E-state index in [0.717, 1.165) is 17.2 Å². The van der Waals surface area contributed by atoms with E-state index < -0.39 is 6.04 Å². The Labute approximate surface area is 204 Å². The van der Waals surface area contributed by atoms with Crippen LogP contribution in [0, 0.1) is 5.82 Å². The predicted octanol–water partition coefficient (Wildman–Crippen LogP) is 4.66. The predicted molar refractivity (Wildman–Crippen MR) is 135 cm³/mol. The van der Waals surface area contributed by atoms with Crippen LogP contribution in [0.3, 0.4) is 0 Å². The quantitative estimate of drug-likeness (QED) is 0.489. The van der Waals surface area contributed by atoms with Crippen LogP contribution >= 0.6 is 0 Å². The highest BCUT2D eigenvalue weighted by Crippen LogP contribution is 2.37. The highest BCUT2D eigenvalue weighted by Gasteiger charge is 2.35. The molecule has 0 saturated carbocycles. The van der Waals surface area contributed by atoms with Gasteiger partial charge in [0.2, 0.25) is 11.8 Å². The molecule has 1 heterocycles. The lowest BCUT2D eigenvalue weighted by Crippen LogP contribution is -2.53. The molecule has 7 heteroatoms. The number of hydrogen-bond donors (Lipinski definition) is 1. The van der Waals surface area contributed by atoms with Crippen molar-refractivity contribution in [3.8, 4) is 0 Å². The maximum atomic E-state index is 13.7. The van der Waals surface area contributed by atoms with Gasteiger partial charge < -0.3 is 10.2 Å². The molecule has 2 atom stereocenters. The highest BCUT2D eigenvalue weighted by atomic mass is 19.1. The third kappa shape index (κ3) is 4.90. The maximum Gasteiger partial charge on any atom is 0.259 e. The molecule has 1 N–H and O–H groups in total. The van der Waals surface area contributed by atoms with Crippen molar-refractivity contribution in [3.63, 3.8) is 0 Å². The van der Waals surface area contributed by atoms with Crippen LogP contribution in [-0.2, 0) is 16.1 Å². The Kier molecular flexibility index (Phi) is 7.15. The average molecular weight is 476 g/mol. The smallest absolute Gasteiger partial charge is 0.259 e. The molecule has 3 aromatic rings. The monoisotopic (exact) mass is 475 g/mol. The SMILES string of the molecule is CC[C@H](C)NC(=O)[C@H](CC)N(Cc1ccc(F)cc1)C(=O)CN1C(=O)c2cccc3cccc1c23. The molecule has 0 aliphatic carbocycles. The molecule has 1 aliphatic rings. The number of nitrogens with zero attached hydrogens (tertiary/aromatic N) is 2. The van der Waals surface area contributed by atoms with Gasteiger partial charge in [-0.2, -0.15) is 0 Å². The number of anilines is 1. The minimum Gasteiger partial charge on any atom is -0.352 e. The number of carbonyl (C=O) groups excluding carboxylic acids is 3. The molecule has 1 aliphatic heterocycles. The summed E-state index contributed by atoms with van der Waals surface area (Å²) in [6.07, 6.45) is 1.16. The second-order valence-corrected chi connectivity index (χ2v) is 8.96. The number of nitrogens with one attached hydrogen (secondary N) is 1. The molecule has 3 aromatic carbocycles. The second-order valence-electron chi connectivity index (χ2n) is 8.96. The van der Waals surface area contributed by atoms with Crippen LogP contribution in [0.1, 0.15) is 49.5 Å². The van der Waals surface area contributed by atoms with Crippen LogP contribution in [0.15, 0.2) is 60.7 Å². The van der Waals surface area contributed by atoms with E-state index in [-0.39, 0.29) is 42.7 Å². The Morgan fingerprint density at radius 3 is 2.34 bits per heavy atom. The molecule has 0 bridgehead atoms. The first-order chi connectivity index (χ1) is 16.8. The molecular formula is C28H30FN3O3. The van der Waals surface area contributed by atoms with E-state index in [1.54, 1.807) is 18.2 Å². The summed E-state index contributed by atoms with van der Waals surface area (Å²) < 4.78 is 13.5. The lowest BCUT2D eigenvalue weighted by atomic mass is 10.1. The van der Waals surface area contributed by atoms with Gasteiger partial charge in [-0.15, -0.1) is 0 Å². The van der Waals surface area contributed by atoms with Gasteiger partial charge in [0, 0.05) is 23.5 Å². The van der Waals surface area contributed by atoms with Crippen LogP contribution in [0.25, 0.3) is 10.8 Å². The zero-order valence-corrected chi connectivity index (χ0v) is 20.3. The number of amides is 3. The summed E-state index contributed by atoms with van der Waals surface area (Å²) >= 11 is 0. The first-order valence-electron chi connectivity index (χ1n) is 12.0. The normalized spacial score (nSPS) is 14.2. The van der Waals surface area contributed by atoms with E-state index in [2.05, 4.69) is 5.32 Å². The Morgan fingerprint density at radius 1 is 1.00 bits per heavy atom. The fourth-order valence-electron chi connectivity index (χ4n) is 4.51. The van der Waals surface area contributed by atoms with E-state index in [1.807, 2.05) is 51.1 Å². The van der Waals surface area contributed by atoms with Gasteiger partial charge in [0.1, 0.15) is 18.4 Å². The largest absolute Gasteiger partial charge is 0.352 e. The van der Waals surface area contributed by atoms with Crippen molar-refractivity contribution >= 4 is 34.2 Å². The minimum absolute atomic E-state index is 0.0356. The lowest BCUT2D eigenvalue weighted by molar-refractivity contribution is -0.140. The van der Waals surface area contributed by atoms with Crippen molar-refractivity contribution in [2.45, 2.75) is 52.2 Å². The summed E-state index contributed by atoms with van der Waals surface area (Å²) in [6.45, 7) is 5.68. The Bertz CT molecular complexity index is 1250. The Hall–Kier alpha value is -3.74. The van der Waals surface area contributed by atoms with Gasteiger partial charge in [0.05, 0.1) is 5.69 Å². The molecule has 35 heavy (non-hydrogen) atoms. The van der Waals surface area contributed by atoms with Crippen molar-refractivity contribution in [1.29, 1.82) is 0 Å². The summed E-state index contributed by atoms with van der Waals surface area (Å²) in [7, 11) is 0. The summed E-state index contributed by atoms with van der Waals surface area (Å²) in [4.78, 5) is 43.1. The number of benzene rings is 3. The molecular weight excluding hydrogens is 445 g/mol. The molecule has 0 aromatic heterocycles. The summed E-state index contributed by atoms with van der Waals surface area (Å²) in [5.41, 5.74) is 1.96. The number of hydrogen-bond acceptors (Lipinski definition) is 3. The molecule has 0 radical (unpaired) electrons. The van der Waals surface area contributed by atoms with Crippen molar-refractivity contribution in [3.05, 3.63) is 77.6 Å². The summed E-state index contributed by atoms with van der Waals surface area (Å²) in [5.74, 6) is -1.19. The van der Waals surface area contributed by atoms with Gasteiger partial charge in [-0.3, -0.25) is 19.3 Å². The third-order valence-corrected chi connectivity index (χ3v) is 6.60. The summed E-state index contributed by atoms with van der Waals surface area (Å²) in [6, 6.07) is 16.3. The zero-order chi connectivity index (χ0) is 25.1. The van der Waals surface area contributed by atoms with Crippen LogP contribution in [0.5, 0.6) is 0 Å². The number of halogens is 1. The molecule has 0 saturated heterocycles. The van der Waals surface area contributed by atoms with E-state index in [0.29, 0.717) is 23.2 Å². The van der Waals surface area contributed by atoms with Crippen LogP contribution in [0.4, 0.5) is 10.1 Å². The Morgan fingerprint density at radius 2 is 1.69 bits per heavy atom. The molecule has 3 amide bonds. The van der Waals surface area contributed by atoms with E-state index in [1.165, 1.54) is 21.9 Å². The first kappa shape index (κ1) is 24.4. The molecule has 6 nitrogen and oxygen atoms in total. The summed E-state index contributed by atoms with van der Waals surface area (Å²) in [5, 5.41) is 4.74. The minimum atomic E-state index is -0.725. The van der Waals surface area contributed by atoms with Gasteiger partial charge in [-0.25, -0.2) is 4.39 Å². The van der Waals surface area contributed by atoms with Gasteiger partial charge in [-0.05, 0) is 55.0 Å². The first-order valence-corrected chi connectivity index (χ1v) is 12.0. The zero-order valence-electron chi connectivity index (χ0n) is 20.3. The molecule has 0 spiro atoms. The van der Waals surface area contributed by atoms with Gasteiger partial charge in [0.25, 0.3) is 5.91 Å². The molecule has 4 rings (SSSR count). The number of carbonyl (C=O) groups is 3. The topological polar surface area (TPSA) is 69.7 Å². The van der Waals surface area contributed by atoms with E-state index in [9.17, 15) is 18.8 Å². The fourth-order valence-corrected chi connectivity index (χ4v) is 4.51. The van der Waals surface area contributed by atoms with E-state index in [4.69, 9.17) is 0 Å². The van der Waals surface area contributed by atoms with Crippen LogP contribution < -0.4 is 10.2 Å². The lowest BCUT2D eigenvalue weighted by Gasteiger charge is -2.32. The molecule has 182 valence electrons. The van der Waals surface area contributed by atoms with Crippen molar-refractivity contribution < 1.29 is 18.8 Å². The van der Waals surface area contributed by atoms with Crippen molar-refractivity contribution in [2.75, 3.05) is 11.4 Å². The van der Waals surface area contributed by atoms with Gasteiger partial charge >= 0.3 is 0 Å². The van der Waals surface area contributed by atoms with Crippen molar-refractivity contribution in [2.24, 2.45) is 0 Å². The van der Waals surface area contributed by atoms with Gasteiger partial charge in [0.15, 0.2) is 0 Å².